The van der Waals surface area contributed by atoms with Gasteiger partial charge in [-0.25, -0.2) is 0 Å². The number of rotatable bonds is 1. The lowest BCUT2D eigenvalue weighted by atomic mass is 9.96. The van der Waals surface area contributed by atoms with Gasteiger partial charge < -0.3 is 15.3 Å². The quantitative estimate of drug-likeness (QED) is 0.791. The van der Waals surface area contributed by atoms with Gasteiger partial charge in [-0.1, -0.05) is 37.3 Å². The second-order valence-corrected chi connectivity index (χ2v) is 6.10. The fraction of sp³-hybridized carbons (Fsp3) is 0.333. The van der Waals surface area contributed by atoms with E-state index in [0.717, 1.165) is 10.8 Å². The summed E-state index contributed by atoms with van der Waals surface area (Å²) in [4.78, 5) is 25.8. The Bertz CT molecular complexity index is 744. The molecule has 1 fully saturated rings. The second kappa shape index (κ2) is 6.38. The molecule has 2 atom stereocenters. The Morgan fingerprint density at radius 1 is 1.17 bits per heavy atom. The smallest absolute Gasteiger partial charge is 0.313 e. The van der Waals surface area contributed by atoms with Crippen LogP contribution in [0.1, 0.15) is 13.3 Å². The number of nitrogens with zero attached hydrogens (tertiary/aromatic N) is 1. The molecule has 5 heteroatoms. The van der Waals surface area contributed by atoms with Crippen molar-refractivity contribution in [2.24, 2.45) is 5.92 Å². The topological polar surface area (TPSA) is 69.6 Å². The van der Waals surface area contributed by atoms with Gasteiger partial charge in [0.25, 0.3) is 0 Å². The molecular formula is C18H20N2O3. The van der Waals surface area contributed by atoms with Crippen molar-refractivity contribution >= 4 is 28.3 Å². The molecule has 1 heterocycles. The highest BCUT2D eigenvalue weighted by atomic mass is 16.3. The first kappa shape index (κ1) is 15.5. The second-order valence-electron chi connectivity index (χ2n) is 6.10. The summed E-state index contributed by atoms with van der Waals surface area (Å²) in [6.07, 6.45) is 0.136. The Morgan fingerprint density at radius 3 is 2.65 bits per heavy atom. The summed E-state index contributed by atoms with van der Waals surface area (Å²) in [6.45, 7) is 2.66. The number of benzene rings is 2. The number of likely N-dealkylation sites (tertiary alicyclic amines) is 1. The molecular weight excluding hydrogens is 292 g/mol. The maximum absolute atomic E-state index is 12.2. The van der Waals surface area contributed by atoms with Crippen LogP contribution in [0.5, 0.6) is 0 Å². The lowest BCUT2D eigenvalue weighted by Crippen LogP contribution is -2.49. The van der Waals surface area contributed by atoms with Gasteiger partial charge in [-0.05, 0) is 35.2 Å². The third kappa shape index (κ3) is 3.35. The van der Waals surface area contributed by atoms with E-state index in [1.54, 1.807) is 6.07 Å². The van der Waals surface area contributed by atoms with Gasteiger partial charge in [0.15, 0.2) is 0 Å². The van der Waals surface area contributed by atoms with Gasteiger partial charge in [-0.15, -0.1) is 0 Å². The van der Waals surface area contributed by atoms with E-state index in [4.69, 9.17) is 0 Å². The lowest BCUT2D eigenvalue weighted by molar-refractivity contribution is -0.146. The standard InChI is InChI=1S/C18H20N2O3/c1-12-8-9-20(11-16(12)21)18(23)17(22)19-15-7-6-13-4-2-3-5-14(13)10-15/h2-7,10,12,16,21H,8-9,11H2,1H3,(H,19,22). The minimum Gasteiger partial charge on any atom is -0.391 e. The first-order valence-corrected chi connectivity index (χ1v) is 7.82. The van der Waals surface area contributed by atoms with Crippen LogP contribution in [-0.2, 0) is 9.59 Å². The lowest BCUT2D eigenvalue weighted by Gasteiger charge is -2.33. The average molecular weight is 312 g/mol. The number of carbonyl (C=O) groups excluding carboxylic acids is 2. The first-order chi connectivity index (χ1) is 11.0. The van der Waals surface area contributed by atoms with Gasteiger partial charge in [0.1, 0.15) is 0 Å². The van der Waals surface area contributed by atoms with Crippen LogP contribution in [0.4, 0.5) is 5.69 Å². The number of hydrogen-bond acceptors (Lipinski definition) is 3. The molecule has 2 N–H and O–H groups in total. The zero-order chi connectivity index (χ0) is 16.4. The number of carbonyl (C=O) groups is 2. The number of anilines is 1. The molecule has 1 aliphatic heterocycles. The summed E-state index contributed by atoms with van der Waals surface area (Å²) in [7, 11) is 0. The van der Waals surface area contributed by atoms with Crippen LogP contribution >= 0.6 is 0 Å². The molecule has 1 aliphatic rings. The van der Waals surface area contributed by atoms with Crippen molar-refractivity contribution in [1.29, 1.82) is 0 Å². The maximum Gasteiger partial charge on any atom is 0.313 e. The molecule has 2 amide bonds. The van der Waals surface area contributed by atoms with Gasteiger partial charge in [0.05, 0.1) is 6.10 Å². The van der Waals surface area contributed by atoms with Gasteiger partial charge in [-0.2, -0.15) is 0 Å². The fourth-order valence-electron chi connectivity index (χ4n) is 2.83. The third-order valence-corrected chi connectivity index (χ3v) is 4.41. The SMILES string of the molecule is CC1CCN(C(=O)C(=O)Nc2ccc3ccccc3c2)CC1O. The molecule has 5 nitrogen and oxygen atoms in total. The number of hydrogen-bond donors (Lipinski definition) is 2. The van der Waals surface area contributed by atoms with Crippen LogP contribution in [0.15, 0.2) is 42.5 Å². The van der Waals surface area contributed by atoms with Gasteiger partial charge in [0, 0.05) is 18.8 Å². The number of piperidine rings is 1. The maximum atomic E-state index is 12.2. The number of fused-ring (bicyclic) bond motifs is 1. The van der Waals surface area contributed by atoms with E-state index >= 15 is 0 Å². The van der Waals surface area contributed by atoms with Crippen LogP contribution < -0.4 is 5.32 Å². The zero-order valence-electron chi connectivity index (χ0n) is 13.0. The van der Waals surface area contributed by atoms with Crippen molar-refractivity contribution in [1.82, 2.24) is 4.90 Å². The van der Waals surface area contributed by atoms with Crippen molar-refractivity contribution in [2.45, 2.75) is 19.4 Å². The summed E-state index contributed by atoms with van der Waals surface area (Å²) in [6, 6.07) is 13.3. The summed E-state index contributed by atoms with van der Waals surface area (Å²) < 4.78 is 0. The largest absolute Gasteiger partial charge is 0.391 e. The van der Waals surface area contributed by atoms with Crippen LogP contribution in [0, 0.1) is 5.92 Å². The first-order valence-electron chi connectivity index (χ1n) is 7.82. The van der Waals surface area contributed by atoms with E-state index in [1.807, 2.05) is 43.3 Å². The summed E-state index contributed by atoms with van der Waals surface area (Å²) >= 11 is 0. The molecule has 1 saturated heterocycles. The van der Waals surface area contributed by atoms with E-state index in [9.17, 15) is 14.7 Å². The molecule has 2 aromatic carbocycles. The summed E-state index contributed by atoms with van der Waals surface area (Å²) in [5.41, 5.74) is 0.591. The Kier molecular flexibility index (Phi) is 4.30. The van der Waals surface area contributed by atoms with Crippen LogP contribution in [0.25, 0.3) is 10.8 Å². The number of aliphatic hydroxyl groups excluding tert-OH is 1. The molecule has 0 aliphatic carbocycles. The monoisotopic (exact) mass is 312 g/mol. The molecule has 3 rings (SSSR count). The van der Waals surface area contributed by atoms with E-state index in [0.29, 0.717) is 18.7 Å². The third-order valence-electron chi connectivity index (χ3n) is 4.41. The van der Waals surface area contributed by atoms with E-state index in [-0.39, 0.29) is 12.5 Å². The summed E-state index contributed by atoms with van der Waals surface area (Å²) in [5, 5.41) is 14.6. The molecule has 120 valence electrons. The van der Waals surface area contributed by atoms with E-state index in [1.165, 1.54) is 4.90 Å². The fourth-order valence-corrected chi connectivity index (χ4v) is 2.83. The molecule has 0 spiro atoms. The average Bonchev–Trinajstić information content (AvgIpc) is 2.56. The van der Waals surface area contributed by atoms with Crippen molar-refractivity contribution in [3.63, 3.8) is 0 Å². The molecule has 23 heavy (non-hydrogen) atoms. The predicted molar refractivity (Wildman–Crippen MR) is 88.9 cm³/mol. The highest BCUT2D eigenvalue weighted by Crippen LogP contribution is 2.20. The zero-order valence-corrected chi connectivity index (χ0v) is 13.0. The van der Waals surface area contributed by atoms with Crippen molar-refractivity contribution in [3.8, 4) is 0 Å². The van der Waals surface area contributed by atoms with Gasteiger partial charge >= 0.3 is 11.8 Å². The minimum absolute atomic E-state index is 0.155. The van der Waals surface area contributed by atoms with Crippen LogP contribution in [-0.4, -0.2) is 41.0 Å². The van der Waals surface area contributed by atoms with Crippen molar-refractivity contribution in [3.05, 3.63) is 42.5 Å². The molecule has 2 unspecified atom stereocenters. The minimum atomic E-state index is -0.665. The Hall–Kier alpha value is -2.40. The Morgan fingerprint density at radius 2 is 1.91 bits per heavy atom. The molecule has 0 radical (unpaired) electrons. The van der Waals surface area contributed by atoms with Crippen molar-refractivity contribution in [2.75, 3.05) is 18.4 Å². The summed E-state index contributed by atoms with van der Waals surface area (Å²) in [5.74, 6) is -1.10. The predicted octanol–water partition coefficient (Wildman–Crippen LogP) is 2.01. The highest BCUT2D eigenvalue weighted by molar-refractivity contribution is 6.39. The normalized spacial score (nSPS) is 21.2. The Balaban J connectivity index is 1.69. The number of aliphatic hydroxyl groups is 1. The number of nitrogens with one attached hydrogen (secondary N) is 1. The molecule has 2 aromatic rings. The highest BCUT2D eigenvalue weighted by Gasteiger charge is 2.30. The van der Waals surface area contributed by atoms with Crippen LogP contribution in [0.3, 0.4) is 0 Å². The van der Waals surface area contributed by atoms with Gasteiger partial charge in [-0.3, -0.25) is 9.59 Å². The van der Waals surface area contributed by atoms with E-state index in [2.05, 4.69) is 5.32 Å². The van der Waals surface area contributed by atoms with Gasteiger partial charge in [0.2, 0.25) is 0 Å². The van der Waals surface area contributed by atoms with E-state index < -0.39 is 17.9 Å². The van der Waals surface area contributed by atoms with Crippen LogP contribution in [0.2, 0.25) is 0 Å². The van der Waals surface area contributed by atoms with Crippen molar-refractivity contribution < 1.29 is 14.7 Å². The molecule has 0 bridgehead atoms. The Labute approximate surface area is 134 Å². The number of β-amino-alcohol motifs (C(OH)–C–C–N with tert-alkyl or cyclic N) is 1. The molecule has 0 saturated carbocycles. The molecule has 0 aromatic heterocycles. The number of amides is 2.